The Hall–Kier alpha value is -0.120. The number of hydrogen-bond donors (Lipinski definition) is 2. The highest BCUT2D eigenvalue weighted by Crippen LogP contribution is 1.79. The molecule has 0 atom stereocenters. The Balaban J connectivity index is -0.0000000241. The summed E-state index contributed by atoms with van der Waals surface area (Å²) >= 11 is 0. The second kappa shape index (κ2) is 74.3. The van der Waals surface area contributed by atoms with E-state index in [2.05, 4.69) is 27.7 Å². The lowest BCUT2D eigenvalue weighted by Crippen LogP contribution is -1.75. The van der Waals surface area contributed by atoms with Crippen molar-refractivity contribution in [3.05, 3.63) is 0 Å². The maximum absolute atomic E-state index is 8.07. The lowest BCUT2D eigenvalue weighted by Gasteiger charge is -1.79. The van der Waals surface area contributed by atoms with Crippen molar-refractivity contribution in [3.63, 3.8) is 0 Å². The highest BCUT2D eigenvalue weighted by atomic mass is 16.3. The molecule has 0 spiro atoms. The molecule has 0 aromatic heterocycles. The second-order valence-corrected chi connectivity index (χ2v) is 2.86. The third-order valence-electron chi connectivity index (χ3n) is 1.02. The summed E-state index contributed by atoms with van der Waals surface area (Å²) in [5, 5.41) is 16.1. The Bertz CT molecular complexity index is 40.7. The van der Waals surface area contributed by atoms with Gasteiger partial charge in [-0.25, -0.2) is 0 Å². The van der Waals surface area contributed by atoms with Crippen LogP contribution in [0.15, 0.2) is 0 Å². The monoisotopic (exact) mass is 256 g/mol. The predicted molar refractivity (Wildman–Crippen MR) is 81.6 cm³/mol. The summed E-state index contributed by atoms with van der Waals surface area (Å²) in [6.07, 6.45) is 5.33. The van der Waals surface area contributed by atoms with Gasteiger partial charge in [-0.1, -0.05) is 68.2 Å². The summed E-state index contributed by atoms with van der Waals surface area (Å²) in [6.45, 7) is 13.0. The van der Waals surface area contributed by atoms with Crippen molar-refractivity contribution < 1.29 is 15.7 Å². The van der Waals surface area contributed by atoms with Crippen molar-refractivity contribution in [1.29, 1.82) is 0 Å². The zero-order valence-corrected chi connectivity index (χ0v) is 12.3. The highest BCUT2D eigenvalue weighted by molar-refractivity contribution is 4.23. The molecule has 0 radical (unpaired) electrons. The SMILES string of the molecule is C.CC.CCC.CCCCO.CCCCO.O. The smallest absolute Gasteiger partial charge is 0.0430 e. The maximum Gasteiger partial charge on any atom is 0.0430 e. The Kier molecular flexibility index (Phi) is 157. The number of unbranched alkanes of at least 4 members (excludes halogenated alkanes) is 2. The normalized spacial score (nSPS) is 6.35. The Labute approximate surface area is 111 Å². The van der Waals surface area contributed by atoms with Gasteiger partial charge in [0.25, 0.3) is 0 Å². The lowest BCUT2D eigenvalue weighted by molar-refractivity contribution is 0.286. The Morgan fingerprint density at radius 1 is 0.706 bits per heavy atom. The number of aliphatic hydroxyl groups excluding tert-OH is 2. The molecule has 0 saturated carbocycles. The van der Waals surface area contributed by atoms with Crippen LogP contribution in [0, 0.1) is 0 Å². The molecule has 0 amide bonds. The van der Waals surface area contributed by atoms with Crippen molar-refractivity contribution >= 4 is 0 Å². The molecule has 3 heteroatoms. The second-order valence-electron chi connectivity index (χ2n) is 2.86. The van der Waals surface area contributed by atoms with Crippen LogP contribution in [0.3, 0.4) is 0 Å². The van der Waals surface area contributed by atoms with Gasteiger partial charge in [-0.3, -0.25) is 0 Å². The molecule has 0 saturated heterocycles. The van der Waals surface area contributed by atoms with E-state index < -0.39 is 0 Å². The molecule has 3 nitrogen and oxygen atoms in total. The van der Waals surface area contributed by atoms with Gasteiger partial charge in [0.15, 0.2) is 0 Å². The minimum absolute atomic E-state index is 0. The summed E-state index contributed by atoms with van der Waals surface area (Å²) in [4.78, 5) is 0. The zero-order chi connectivity index (χ0) is 12.9. The van der Waals surface area contributed by atoms with Crippen LogP contribution >= 0.6 is 0 Å². The van der Waals surface area contributed by atoms with Gasteiger partial charge in [0, 0.05) is 13.2 Å². The summed E-state index contributed by atoms with van der Waals surface area (Å²) < 4.78 is 0. The first-order valence-corrected chi connectivity index (χ1v) is 6.46. The van der Waals surface area contributed by atoms with Crippen molar-refractivity contribution in [3.8, 4) is 0 Å². The quantitative estimate of drug-likeness (QED) is 0.802. The lowest BCUT2D eigenvalue weighted by atomic mass is 10.4. The molecule has 17 heavy (non-hydrogen) atoms. The van der Waals surface area contributed by atoms with E-state index in [-0.39, 0.29) is 12.9 Å². The van der Waals surface area contributed by atoms with Crippen LogP contribution in [0.4, 0.5) is 0 Å². The molecule has 0 aliphatic carbocycles. The van der Waals surface area contributed by atoms with E-state index in [4.69, 9.17) is 10.2 Å². The van der Waals surface area contributed by atoms with Gasteiger partial charge >= 0.3 is 0 Å². The first-order valence-electron chi connectivity index (χ1n) is 6.46. The topological polar surface area (TPSA) is 72.0 Å². The van der Waals surface area contributed by atoms with Crippen LogP contribution < -0.4 is 0 Å². The molecule has 0 aliphatic heterocycles. The molecule has 114 valence electrons. The zero-order valence-electron chi connectivity index (χ0n) is 12.3. The predicted octanol–water partition coefficient (Wildman–Crippen LogP) is 3.81. The molecule has 0 aromatic carbocycles. The minimum Gasteiger partial charge on any atom is -0.412 e. The van der Waals surface area contributed by atoms with Crippen LogP contribution in [0.1, 0.15) is 81.1 Å². The van der Waals surface area contributed by atoms with Crippen LogP contribution in [0.5, 0.6) is 0 Å². The minimum atomic E-state index is 0. The van der Waals surface area contributed by atoms with E-state index in [1.54, 1.807) is 0 Å². The van der Waals surface area contributed by atoms with Gasteiger partial charge in [-0.15, -0.1) is 0 Å². The average Bonchev–Trinajstić information content (AvgIpc) is 2.25. The van der Waals surface area contributed by atoms with Crippen LogP contribution in [0.2, 0.25) is 0 Å². The number of aliphatic hydroxyl groups is 2. The molecule has 0 heterocycles. The molecule has 0 rings (SSSR count). The van der Waals surface area contributed by atoms with Gasteiger partial charge in [0.05, 0.1) is 0 Å². The van der Waals surface area contributed by atoms with Crippen LogP contribution in [0.25, 0.3) is 0 Å². The van der Waals surface area contributed by atoms with E-state index >= 15 is 0 Å². The molecule has 0 bridgehead atoms. The molecule has 0 aliphatic rings. The van der Waals surface area contributed by atoms with E-state index in [0.29, 0.717) is 13.2 Å². The van der Waals surface area contributed by atoms with Gasteiger partial charge in [0.2, 0.25) is 0 Å². The van der Waals surface area contributed by atoms with Crippen molar-refractivity contribution in [2.24, 2.45) is 0 Å². The van der Waals surface area contributed by atoms with Crippen molar-refractivity contribution in [1.82, 2.24) is 0 Å². The third kappa shape index (κ3) is 203. The first-order chi connectivity index (χ1) is 7.24. The van der Waals surface area contributed by atoms with E-state index in [1.807, 2.05) is 13.8 Å². The Morgan fingerprint density at radius 3 is 0.882 bits per heavy atom. The van der Waals surface area contributed by atoms with Gasteiger partial charge in [0.1, 0.15) is 0 Å². The highest BCUT2D eigenvalue weighted by Gasteiger charge is 1.69. The molecule has 0 unspecified atom stereocenters. The van der Waals surface area contributed by atoms with Gasteiger partial charge in [-0.05, 0) is 12.8 Å². The molecular weight excluding hydrogens is 216 g/mol. The largest absolute Gasteiger partial charge is 0.412 e. The van der Waals surface area contributed by atoms with Crippen LogP contribution in [-0.4, -0.2) is 28.9 Å². The fraction of sp³-hybridized carbons (Fsp3) is 1.00. The first kappa shape index (κ1) is 36.0. The van der Waals surface area contributed by atoms with Crippen molar-refractivity contribution in [2.45, 2.75) is 81.1 Å². The number of hydrogen-bond acceptors (Lipinski definition) is 2. The fourth-order valence-electron chi connectivity index (χ4n) is 0.316. The third-order valence-corrected chi connectivity index (χ3v) is 1.02. The van der Waals surface area contributed by atoms with E-state index in [0.717, 1.165) is 25.7 Å². The molecule has 0 fully saturated rings. The molecule has 0 aromatic rings. The fourth-order valence-corrected chi connectivity index (χ4v) is 0.316. The summed E-state index contributed by atoms with van der Waals surface area (Å²) in [5.41, 5.74) is 0. The average molecular weight is 256 g/mol. The Morgan fingerprint density at radius 2 is 0.882 bits per heavy atom. The van der Waals surface area contributed by atoms with Crippen LogP contribution in [-0.2, 0) is 0 Å². The van der Waals surface area contributed by atoms with E-state index in [1.165, 1.54) is 6.42 Å². The number of rotatable bonds is 4. The molecular formula is C14H40O3. The summed E-state index contributed by atoms with van der Waals surface area (Å²) in [5.74, 6) is 0. The van der Waals surface area contributed by atoms with E-state index in [9.17, 15) is 0 Å². The summed E-state index contributed by atoms with van der Waals surface area (Å²) in [6, 6.07) is 0. The van der Waals surface area contributed by atoms with Crippen molar-refractivity contribution in [2.75, 3.05) is 13.2 Å². The maximum atomic E-state index is 8.07. The van der Waals surface area contributed by atoms with Gasteiger partial charge < -0.3 is 15.7 Å². The standard InChI is InChI=1S/2C4H10O.C3H8.C2H6.CH4.H2O/c2*1-2-3-4-5;1-3-2;1-2;;/h2*5H,2-4H2,1H3;3H2,1-2H3;1-2H3;1H4;1H2. The molecule has 4 N–H and O–H groups in total. The van der Waals surface area contributed by atoms with Gasteiger partial charge in [-0.2, -0.15) is 0 Å². The summed E-state index contributed by atoms with van der Waals surface area (Å²) in [7, 11) is 0.